The number of hydrogen-bond acceptors (Lipinski definition) is 2. The van der Waals surface area contributed by atoms with Gasteiger partial charge in [0.25, 0.3) is 0 Å². The van der Waals surface area contributed by atoms with E-state index in [2.05, 4.69) is 38.0 Å². The maximum Gasteiger partial charge on any atom is 0.0159 e. The van der Waals surface area contributed by atoms with Gasteiger partial charge in [-0.3, -0.25) is 0 Å². The van der Waals surface area contributed by atoms with Gasteiger partial charge in [0.15, 0.2) is 0 Å². The van der Waals surface area contributed by atoms with E-state index in [4.69, 9.17) is 0 Å². The third-order valence-corrected chi connectivity index (χ3v) is 5.85. The van der Waals surface area contributed by atoms with E-state index in [9.17, 15) is 0 Å². The quantitative estimate of drug-likeness (QED) is 0.817. The normalized spacial score (nSPS) is 31.6. The molecule has 0 heterocycles. The first-order chi connectivity index (χ1) is 9.54. The van der Waals surface area contributed by atoms with Crippen molar-refractivity contribution in [1.82, 2.24) is 10.2 Å². The average molecular weight is 280 g/mol. The van der Waals surface area contributed by atoms with Crippen LogP contribution < -0.4 is 5.32 Å². The van der Waals surface area contributed by atoms with Crippen molar-refractivity contribution in [2.75, 3.05) is 20.1 Å². The first kappa shape index (κ1) is 16.3. The Morgan fingerprint density at radius 1 is 1.05 bits per heavy atom. The molecule has 1 N–H and O–H groups in total. The molecule has 0 spiro atoms. The molecule has 2 aliphatic rings. The first-order valence-corrected chi connectivity index (χ1v) is 8.98. The molecule has 2 nitrogen and oxygen atoms in total. The highest BCUT2D eigenvalue weighted by Crippen LogP contribution is 2.39. The summed E-state index contributed by atoms with van der Waals surface area (Å²) in [5, 5.41) is 3.81. The van der Waals surface area contributed by atoms with Crippen LogP contribution in [0.3, 0.4) is 0 Å². The van der Waals surface area contributed by atoms with Gasteiger partial charge in [-0.15, -0.1) is 0 Å². The summed E-state index contributed by atoms with van der Waals surface area (Å²) in [7, 11) is 2.38. The molecule has 2 unspecified atom stereocenters. The van der Waals surface area contributed by atoms with Gasteiger partial charge in [0.05, 0.1) is 0 Å². The highest BCUT2D eigenvalue weighted by Gasteiger charge is 2.39. The lowest BCUT2D eigenvalue weighted by Gasteiger charge is -2.46. The second-order valence-electron chi connectivity index (χ2n) is 7.91. The average Bonchev–Trinajstić information content (AvgIpc) is 2.43. The van der Waals surface area contributed by atoms with Crippen LogP contribution in [0.15, 0.2) is 0 Å². The summed E-state index contributed by atoms with van der Waals surface area (Å²) >= 11 is 0. The minimum absolute atomic E-state index is 0.465. The van der Waals surface area contributed by atoms with Crippen LogP contribution >= 0.6 is 0 Å². The molecule has 2 heteroatoms. The van der Waals surface area contributed by atoms with E-state index in [0.29, 0.717) is 11.5 Å². The standard InChI is InChI=1S/C18H36N2/c1-5-19-17-15(10-9-13-18(17,2)3)14-20(4)16-11-7-6-8-12-16/h15-17,19H,5-14H2,1-4H3. The molecule has 0 amide bonds. The Morgan fingerprint density at radius 2 is 1.75 bits per heavy atom. The van der Waals surface area contributed by atoms with Crippen molar-refractivity contribution in [2.24, 2.45) is 11.3 Å². The fourth-order valence-corrected chi connectivity index (χ4v) is 4.68. The summed E-state index contributed by atoms with van der Waals surface area (Å²) in [5.41, 5.74) is 0.465. The molecular weight excluding hydrogens is 244 g/mol. The summed E-state index contributed by atoms with van der Waals surface area (Å²) in [4.78, 5) is 2.69. The molecule has 2 aliphatic carbocycles. The lowest BCUT2D eigenvalue weighted by atomic mass is 9.67. The van der Waals surface area contributed by atoms with Crippen LogP contribution in [0.4, 0.5) is 0 Å². The van der Waals surface area contributed by atoms with Gasteiger partial charge in [0.2, 0.25) is 0 Å². The second-order valence-corrected chi connectivity index (χ2v) is 7.91. The zero-order valence-corrected chi connectivity index (χ0v) is 14.3. The Morgan fingerprint density at radius 3 is 2.40 bits per heavy atom. The molecule has 0 aromatic heterocycles. The zero-order chi connectivity index (χ0) is 14.6. The smallest absolute Gasteiger partial charge is 0.0159 e. The third kappa shape index (κ3) is 3.98. The summed E-state index contributed by atoms with van der Waals surface area (Å²) in [6.07, 6.45) is 11.4. The van der Waals surface area contributed by atoms with E-state index in [0.717, 1.165) is 18.5 Å². The minimum Gasteiger partial charge on any atom is -0.313 e. The zero-order valence-electron chi connectivity index (χ0n) is 14.3. The summed E-state index contributed by atoms with van der Waals surface area (Å²) in [5.74, 6) is 0.839. The number of hydrogen-bond donors (Lipinski definition) is 1. The van der Waals surface area contributed by atoms with E-state index < -0.39 is 0 Å². The molecule has 118 valence electrons. The van der Waals surface area contributed by atoms with Crippen LogP contribution in [0.2, 0.25) is 0 Å². The number of nitrogens with one attached hydrogen (secondary N) is 1. The van der Waals surface area contributed by atoms with Crippen LogP contribution in [0.1, 0.15) is 72.1 Å². The highest BCUT2D eigenvalue weighted by molar-refractivity contribution is 4.94. The van der Waals surface area contributed by atoms with Crippen LogP contribution in [0.25, 0.3) is 0 Å². The highest BCUT2D eigenvalue weighted by atomic mass is 15.1. The molecule has 2 saturated carbocycles. The maximum absolute atomic E-state index is 3.81. The lowest BCUT2D eigenvalue weighted by molar-refractivity contribution is 0.0686. The predicted octanol–water partition coefficient (Wildman–Crippen LogP) is 4.06. The SMILES string of the molecule is CCNC1C(CN(C)C2CCCCC2)CCCC1(C)C. The van der Waals surface area contributed by atoms with Gasteiger partial charge in [-0.2, -0.15) is 0 Å². The van der Waals surface area contributed by atoms with Crippen molar-refractivity contribution in [3.63, 3.8) is 0 Å². The summed E-state index contributed by atoms with van der Waals surface area (Å²) in [6, 6.07) is 1.56. The predicted molar refractivity (Wildman–Crippen MR) is 88.1 cm³/mol. The minimum atomic E-state index is 0.465. The van der Waals surface area contributed by atoms with Gasteiger partial charge in [0, 0.05) is 18.6 Å². The molecule has 0 aromatic carbocycles. The molecule has 0 aliphatic heterocycles. The Balaban J connectivity index is 1.94. The molecule has 0 radical (unpaired) electrons. The Hall–Kier alpha value is -0.0800. The van der Waals surface area contributed by atoms with E-state index in [1.807, 2.05) is 0 Å². The fourth-order valence-electron chi connectivity index (χ4n) is 4.68. The lowest BCUT2D eigenvalue weighted by Crippen LogP contribution is -2.53. The third-order valence-electron chi connectivity index (χ3n) is 5.85. The van der Waals surface area contributed by atoms with Gasteiger partial charge >= 0.3 is 0 Å². The largest absolute Gasteiger partial charge is 0.313 e. The first-order valence-electron chi connectivity index (χ1n) is 8.98. The van der Waals surface area contributed by atoms with Crippen molar-refractivity contribution < 1.29 is 0 Å². The Bertz CT molecular complexity index is 281. The van der Waals surface area contributed by atoms with Gasteiger partial charge < -0.3 is 10.2 Å². The summed E-state index contributed by atoms with van der Waals surface area (Å²) in [6.45, 7) is 9.59. The second kappa shape index (κ2) is 7.26. The van der Waals surface area contributed by atoms with Gasteiger partial charge in [0.1, 0.15) is 0 Å². The van der Waals surface area contributed by atoms with E-state index >= 15 is 0 Å². The Kier molecular flexibility index (Phi) is 5.92. The number of rotatable bonds is 5. The molecule has 0 aromatic rings. The van der Waals surface area contributed by atoms with Crippen molar-refractivity contribution in [3.05, 3.63) is 0 Å². The maximum atomic E-state index is 3.81. The van der Waals surface area contributed by atoms with Crippen LogP contribution in [0, 0.1) is 11.3 Å². The van der Waals surface area contributed by atoms with Gasteiger partial charge in [-0.1, -0.05) is 46.5 Å². The molecule has 0 saturated heterocycles. The van der Waals surface area contributed by atoms with E-state index in [1.165, 1.54) is 57.9 Å². The van der Waals surface area contributed by atoms with Crippen LogP contribution in [0.5, 0.6) is 0 Å². The summed E-state index contributed by atoms with van der Waals surface area (Å²) < 4.78 is 0. The van der Waals surface area contributed by atoms with E-state index in [-0.39, 0.29) is 0 Å². The monoisotopic (exact) mass is 280 g/mol. The van der Waals surface area contributed by atoms with Crippen molar-refractivity contribution in [3.8, 4) is 0 Å². The molecular formula is C18H36N2. The van der Waals surface area contributed by atoms with Crippen LogP contribution in [-0.2, 0) is 0 Å². The molecule has 2 atom stereocenters. The van der Waals surface area contributed by atoms with Crippen molar-refractivity contribution in [1.29, 1.82) is 0 Å². The Labute approximate surface area is 126 Å². The topological polar surface area (TPSA) is 15.3 Å². The molecule has 0 bridgehead atoms. The van der Waals surface area contributed by atoms with Gasteiger partial charge in [-0.25, -0.2) is 0 Å². The van der Waals surface area contributed by atoms with Crippen molar-refractivity contribution in [2.45, 2.75) is 84.2 Å². The molecule has 2 rings (SSSR count). The van der Waals surface area contributed by atoms with Gasteiger partial charge in [-0.05, 0) is 50.6 Å². The fraction of sp³-hybridized carbons (Fsp3) is 1.00. The molecule has 20 heavy (non-hydrogen) atoms. The van der Waals surface area contributed by atoms with Crippen LogP contribution in [-0.4, -0.2) is 37.1 Å². The number of nitrogens with zero attached hydrogens (tertiary/aromatic N) is 1. The van der Waals surface area contributed by atoms with E-state index in [1.54, 1.807) is 0 Å². The van der Waals surface area contributed by atoms with Crippen molar-refractivity contribution >= 4 is 0 Å². The molecule has 2 fully saturated rings.